The smallest absolute Gasteiger partial charge is 0.253 e. The van der Waals surface area contributed by atoms with E-state index in [0.29, 0.717) is 23.3 Å². The Hall–Kier alpha value is -2.73. The Morgan fingerprint density at radius 3 is 2.57 bits per heavy atom. The predicted octanol–water partition coefficient (Wildman–Crippen LogP) is 5.43. The van der Waals surface area contributed by atoms with E-state index in [-0.39, 0.29) is 11.4 Å². The molecule has 1 fully saturated rings. The van der Waals surface area contributed by atoms with E-state index < -0.39 is 0 Å². The van der Waals surface area contributed by atoms with Gasteiger partial charge in [0.2, 0.25) is 0 Å². The summed E-state index contributed by atoms with van der Waals surface area (Å²) in [5.41, 5.74) is 4.47. The zero-order valence-electron chi connectivity index (χ0n) is 17.3. The molecule has 2 N–H and O–H groups in total. The van der Waals surface area contributed by atoms with Crippen molar-refractivity contribution < 1.29 is 4.39 Å². The molecule has 4 nitrogen and oxygen atoms in total. The van der Waals surface area contributed by atoms with E-state index in [0.717, 1.165) is 47.8 Å². The summed E-state index contributed by atoms with van der Waals surface area (Å²) in [4.78, 5) is 18.0. The van der Waals surface area contributed by atoms with Gasteiger partial charge >= 0.3 is 0 Å². The van der Waals surface area contributed by atoms with Gasteiger partial charge in [-0.2, -0.15) is 0 Å². The van der Waals surface area contributed by atoms with Crippen molar-refractivity contribution in [2.45, 2.75) is 52.1 Å². The zero-order chi connectivity index (χ0) is 21.3. The highest BCUT2D eigenvalue weighted by Gasteiger charge is 2.26. The first kappa shape index (κ1) is 20.5. The number of nitrogens with zero attached hydrogens (tertiary/aromatic N) is 1. The molecule has 3 aromatic rings. The van der Waals surface area contributed by atoms with Gasteiger partial charge in [-0.05, 0) is 86.3 Å². The average molecular weight is 424 g/mol. The monoisotopic (exact) mass is 423 g/mol. The van der Waals surface area contributed by atoms with Gasteiger partial charge in [-0.15, -0.1) is 0 Å². The van der Waals surface area contributed by atoms with E-state index in [9.17, 15) is 9.18 Å². The number of aryl methyl sites for hydroxylation is 2. The second-order valence-electron chi connectivity index (χ2n) is 8.17. The number of aromatic nitrogens is 1. The van der Waals surface area contributed by atoms with E-state index in [2.05, 4.69) is 34.3 Å². The van der Waals surface area contributed by atoms with E-state index in [1.54, 1.807) is 12.1 Å². The highest BCUT2D eigenvalue weighted by molar-refractivity contribution is 7.80. The standard InChI is InChI=1S/C24H26FN3OS/c1-15-11-16(2)22-17(12-15)13-18(23(29)27-22)14-28(21-5-3-4-6-21)24(30)26-20-9-7-19(25)8-10-20/h7-13,21H,3-6,14H2,1-2H3,(H,26,30)(H,27,29). The summed E-state index contributed by atoms with van der Waals surface area (Å²) in [5, 5.41) is 4.82. The number of halogens is 1. The van der Waals surface area contributed by atoms with Gasteiger partial charge < -0.3 is 15.2 Å². The minimum absolute atomic E-state index is 0.0815. The van der Waals surface area contributed by atoms with Crippen LogP contribution in [-0.2, 0) is 6.54 Å². The molecule has 0 spiro atoms. The van der Waals surface area contributed by atoms with E-state index in [1.807, 2.05) is 13.0 Å². The first-order valence-electron chi connectivity index (χ1n) is 10.4. The molecule has 1 aromatic heterocycles. The molecule has 2 aromatic carbocycles. The van der Waals surface area contributed by atoms with Crippen LogP contribution in [0.5, 0.6) is 0 Å². The molecule has 0 radical (unpaired) electrons. The fourth-order valence-electron chi connectivity index (χ4n) is 4.34. The molecule has 0 atom stereocenters. The Kier molecular flexibility index (Phi) is 5.86. The average Bonchev–Trinajstić information content (AvgIpc) is 3.23. The molecule has 1 aliphatic rings. The Balaban J connectivity index is 1.65. The van der Waals surface area contributed by atoms with Crippen molar-refractivity contribution in [1.29, 1.82) is 0 Å². The lowest BCUT2D eigenvalue weighted by molar-refractivity contribution is 0.311. The number of pyridine rings is 1. The van der Waals surface area contributed by atoms with Gasteiger partial charge in [0.05, 0.1) is 12.1 Å². The maximum absolute atomic E-state index is 13.2. The molecule has 30 heavy (non-hydrogen) atoms. The van der Waals surface area contributed by atoms with Gasteiger partial charge in [-0.1, -0.05) is 24.5 Å². The van der Waals surface area contributed by atoms with Crippen LogP contribution >= 0.6 is 12.2 Å². The van der Waals surface area contributed by atoms with Crippen molar-refractivity contribution in [1.82, 2.24) is 9.88 Å². The summed E-state index contributed by atoms with van der Waals surface area (Å²) in [6.07, 6.45) is 4.42. The summed E-state index contributed by atoms with van der Waals surface area (Å²) in [5.74, 6) is -0.285. The largest absolute Gasteiger partial charge is 0.342 e. The van der Waals surface area contributed by atoms with Crippen molar-refractivity contribution in [2.24, 2.45) is 0 Å². The second kappa shape index (κ2) is 8.56. The predicted molar refractivity (Wildman–Crippen MR) is 124 cm³/mol. The van der Waals surface area contributed by atoms with Crippen LogP contribution in [0, 0.1) is 19.7 Å². The van der Waals surface area contributed by atoms with Crippen molar-refractivity contribution in [3.63, 3.8) is 0 Å². The first-order chi connectivity index (χ1) is 14.4. The summed E-state index contributed by atoms with van der Waals surface area (Å²) in [7, 11) is 0. The summed E-state index contributed by atoms with van der Waals surface area (Å²) >= 11 is 5.72. The van der Waals surface area contributed by atoms with Crippen LogP contribution in [0.25, 0.3) is 10.9 Å². The molecule has 6 heteroatoms. The van der Waals surface area contributed by atoms with Gasteiger partial charge in [0.25, 0.3) is 5.56 Å². The van der Waals surface area contributed by atoms with Gasteiger partial charge in [0, 0.05) is 17.3 Å². The molecule has 1 saturated carbocycles. The highest BCUT2D eigenvalue weighted by atomic mass is 32.1. The first-order valence-corrected chi connectivity index (χ1v) is 10.8. The number of benzene rings is 2. The normalized spacial score (nSPS) is 14.2. The third-order valence-corrected chi connectivity index (χ3v) is 6.17. The number of fused-ring (bicyclic) bond motifs is 1. The third-order valence-electron chi connectivity index (χ3n) is 5.83. The van der Waals surface area contributed by atoms with Crippen LogP contribution in [-0.4, -0.2) is 21.0 Å². The van der Waals surface area contributed by atoms with Gasteiger partial charge in [-0.3, -0.25) is 4.79 Å². The molecule has 0 unspecified atom stereocenters. The molecule has 1 heterocycles. The van der Waals surface area contributed by atoms with Crippen molar-refractivity contribution in [3.05, 3.63) is 75.3 Å². The van der Waals surface area contributed by atoms with E-state index in [1.165, 1.54) is 17.7 Å². The van der Waals surface area contributed by atoms with Crippen LogP contribution in [0.3, 0.4) is 0 Å². The number of rotatable bonds is 4. The molecule has 156 valence electrons. The molecule has 0 aliphatic heterocycles. The van der Waals surface area contributed by atoms with Crippen molar-refractivity contribution >= 4 is 33.9 Å². The summed E-state index contributed by atoms with van der Waals surface area (Å²) in [6.45, 7) is 4.51. The Labute approximate surface area is 181 Å². The maximum Gasteiger partial charge on any atom is 0.253 e. The van der Waals surface area contributed by atoms with Gasteiger partial charge in [0.15, 0.2) is 5.11 Å². The van der Waals surface area contributed by atoms with Crippen molar-refractivity contribution in [3.8, 4) is 0 Å². The number of hydrogen-bond donors (Lipinski definition) is 2. The number of H-pyrrole nitrogens is 1. The van der Waals surface area contributed by atoms with Crippen LogP contribution in [0.1, 0.15) is 42.4 Å². The molecule has 0 saturated heterocycles. The molecular weight excluding hydrogens is 397 g/mol. The quantitative estimate of drug-likeness (QED) is 0.550. The minimum Gasteiger partial charge on any atom is -0.342 e. The van der Waals surface area contributed by atoms with E-state index >= 15 is 0 Å². The summed E-state index contributed by atoms with van der Waals surface area (Å²) in [6, 6.07) is 12.6. The SMILES string of the molecule is Cc1cc(C)c2[nH]c(=O)c(CN(C(=S)Nc3ccc(F)cc3)C3CCCC3)cc2c1. The number of aromatic amines is 1. The Bertz CT molecular complexity index is 1130. The maximum atomic E-state index is 13.2. The number of thiocarbonyl (C=S) groups is 1. The zero-order valence-corrected chi connectivity index (χ0v) is 18.1. The fraction of sp³-hybridized carbons (Fsp3) is 0.333. The van der Waals surface area contributed by atoms with Crippen LogP contribution in [0.4, 0.5) is 10.1 Å². The van der Waals surface area contributed by atoms with Gasteiger partial charge in [-0.25, -0.2) is 4.39 Å². The minimum atomic E-state index is -0.285. The third kappa shape index (κ3) is 4.38. The summed E-state index contributed by atoms with van der Waals surface area (Å²) < 4.78 is 13.2. The number of anilines is 1. The van der Waals surface area contributed by atoms with Crippen molar-refractivity contribution in [2.75, 3.05) is 5.32 Å². The van der Waals surface area contributed by atoms with Gasteiger partial charge in [0.1, 0.15) is 5.82 Å². The highest BCUT2D eigenvalue weighted by Crippen LogP contribution is 2.26. The Morgan fingerprint density at radius 1 is 1.17 bits per heavy atom. The van der Waals surface area contributed by atoms with Crippen LogP contribution in [0.15, 0.2) is 47.3 Å². The van der Waals surface area contributed by atoms with Crippen LogP contribution < -0.4 is 10.9 Å². The second-order valence-corrected chi connectivity index (χ2v) is 8.56. The number of hydrogen-bond acceptors (Lipinski definition) is 2. The molecule has 1 aliphatic carbocycles. The number of nitrogens with one attached hydrogen (secondary N) is 2. The lowest BCUT2D eigenvalue weighted by atomic mass is 10.0. The topological polar surface area (TPSA) is 48.1 Å². The fourth-order valence-corrected chi connectivity index (χ4v) is 4.68. The molecule has 0 bridgehead atoms. The molecule has 4 rings (SSSR count). The lowest BCUT2D eigenvalue weighted by Crippen LogP contribution is -2.42. The molecule has 0 amide bonds. The molecular formula is C24H26FN3OS. The Morgan fingerprint density at radius 2 is 1.87 bits per heavy atom. The van der Waals surface area contributed by atoms with Crippen LogP contribution in [0.2, 0.25) is 0 Å². The van der Waals surface area contributed by atoms with E-state index in [4.69, 9.17) is 12.2 Å². The lowest BCUT2D eigenvalue weighted by Gasteiger charge is -2.31.